The first kappa shape index (κ1) is 17.4. The third-order valence-corrected chi connectivity index (χ3v) is 3.81. The number of carbonyl (C=O) groups is 1. The Bertz CT molecular complexity index is 460. The lowest BCUT2D eigenvalue weighted by molar-refractivity contribution is -0.129. The van der Waals surface area contributed by atoms with Gasteiger partial charge in [-0.05, 0) is 25.0 Å². The molecule has 0 bridgehead atoms. The fraction of sp³-hybridized carbons (Fsp3) is 0.500. The van der Waals surface area contributed by atoms with E-state index in [9.17, 15) is 4.79 Å². The summed E-state index contributed by atoms with van der Waals surface area (Å²) >= 11 is 17.9. The van der Waals surface area contributed by atoms with Crippen molar-refractivity contribution in [3.63, 3.8) is 0 Å². The Morgan fingerprint density at radius 1 is 1.05 bits per heavy atom. The smallest absolute Gasteiger partial charge is 0.241 e. The van der Waals surface area contributed by atoms with Crippen LogP contribution in [0.15, 0.2) is 12.1 Å². The lowest BCUT2D eigenvalue weighted by Gasteiger charge is -2.22. The van der Waals surface area contributed by atoms with E-state index < -0.39 is 0 Å². The molecular weight excluding hydrogens is 319 g/mol. The predicted molar refractivity (Wildman–Crippen MR) is 87.1 cm³/mol. The first-order chi connectivity index (χ1) is 9.49. The molecule has 1 N–H and O–H groups in total. The molecule has 0 spiro atoms. The van der Waals surface area contributed by atoms with Crippen LogP contribution in [0.1, 0.15) is 26.7 Å². The largest absolute Gasteiger partial charge is 0.375 e. The second-order valence-corrected chi connectivity index (χ2v) is 5.70. The number of nitrogens with zero attached hydrogens (tertiary/aromatic N) is 1. The zero-order valence-corrected chi connectivity index (χ0v) is 13.9. The fourth-order valence-electron chi connectivity index (χ4n) is 1.84. The molecule has 0 unspecified atom stereocenters. The zero-order chi connectivity index (χ0) is 15.1. The number of hydrogen-bond acceptors (Lipinski definition) is 2. The van der Waals surface area contributed by atoms with Gasteiger partial charge in [0.2, 0.25) is 5.91 Å². The average Bonchev–Trinajstić information content (AvgIpc) is 2.41. The number of nitrogens with one attached hydrogen (secondary N) is 1. The van der Waals surface area contributed by atoms with Crippen LogP contribution in [0.3, 0.4) is 0 Å². The molecule has 0 saturated heterocycles. The molecule has 1 aromatic carbocycles. The third kappa shape index (κ3) is 5.04. The SMILES string of the molecule is CCCN(CCC)C(=O)CNc1cc(Cl)c(Cl)cc1Cl. The molecule has 0 atom stereocenters. The molecule has 20 heavy (non-hydrogen) atoms. The topological polar surface area (TPSA) is 32.3 Å². The van der Waals surface area contributed by atoms with E-state index in [2.05, 4.69) is 19.2 Å². The van der Waals surface area contributed by atoms with E-state index in [0.717, 1.165) is 25.9 Å². The molecule has 0 saturated carbocycles. The van der Waals surface area contributed by atoms with Gasteiger partial charge in [-0.2, -0.15) is 0 Å². The molecule has 0 fully saturated rings. The highest BCUT2D eigenvalue weighted by molar-refractivity contribution is 6.44. The van der Waals surface area contributed by atoms with Crippen molar-refractivity contribution in [2.24, 2.45) is 0 Å². The van der Waals surface area contributed by atoms with Gasteiger partial charge < -0.3 is 10.2 Å². The summed E-state index contributed by atoms with van der Waals surface area (Å²) in [4.78, 5) is 14.0. The molecule has 6 heteroatoms. The summed E-state index contributed by atoms with van der Waals surface area (Å²) in [6, 6.07) is 3.19. The Kier molecular flexibility index (Phi) is 7.49. The van der Waals surface area contributed by atoms with Gasteiger partial charge in [0.1, 0.15) is 0 Å². The number of amides is 1. The summed E-state index contributed by atoms with van der Waals surface area (Å²) in [6.45, 7) is 5.84. The van der Waals surface area contributed by atoms with Crippen molar-refractivity contribution in [1.82, 2.24) is 4.90 Å². The summed E-state index contributed by atoms with van der Waals surface area (Å²) in [5, 5.41) is 4.26. The van der Waals surface area contributed by atoms with Crippen molar-refractivity contribution in [3.8, 4) is 0 Å². The van der Waals surface area contributed by atoms with Crippen LogP contribution in [0.2, 0.25) is 15.1 Å². The van der Waals surface area contributed by atoms with Gasteiger partial charge in [-0.25, -0.2) is 0 Å². The second kappa shape index (κ2) is 8.60. The van der Waals surface area contributed by atoms with E-state index in [1.807, 2.05) is 4.90 Å². The normalized spacial score (nSPS) is 10.4. The Morgan fingerprint density at radius 3 is 2.15 bits per heavy atom. The molecule has 1 aromatic rings. The highest BCUT2D eigenvalue weighted by Gasteiger charge is 2.12. The van der Waals surface area contributed by atoms with Crippen LogP contribution in [0.5, 0.6) is 0 Å². The maximum atomic E-state index is 12.1. The van der Waals surface area contributed by atoms with E-state index in [1.165, 1.54) is 0 Å². The van der Waals surface area contributed by atoms with Crippen LogP contribution >= 0.6 is 34.8 Å². The van der Waals surface area contributed by atoms with Crippen molar-refractivity contribution < 1.29 is 4.79 Å². The number of halogens is 3. The molecule has 112 valence electrons. The molecule has 0 aromatic heterocycles. The monoisotopic (exact) mass is 336 g/mol. The minimum absolute atomic E-state index is 0.0517. The van der Waals surface area contributed by atoms with Gasteiger partial charge in [0.05, 0.1) is 27.3 Å². The third-order valence-electron chi connectivity index (χ3n) is 2.78. The van der Waals surface area contributed by atoms with Crippen LogP contribution in [-0.2, 0) is 4.79 Å². The van der Waals surface area contributed by atoms with Crippen LogP contribution in [0, 0.1) is 0 Å². The van der Waals surface area contributed by atoms with Gasteiger partial charge in [0, 0.05) is 13.1 Å². The van der Waals surface area contributed by atoms with Crippen molar-refractivity contribution in [3.05, 3.63) is 27.2 Å². The molecule has 3 nitrogen and oxygen atoms in total. The standard InChI is InChI=1S/C14H19Cl3N2O/c1-3-5-19(6-4-2)14(20)9-18-13-8-11(16)10(15)7-12(13)17/h7-8,18H,3-6,9H2,1-2H3. The van der Waals surface area contributed by atoms with Gasteiger partial charge in [-0.15, -0.1) is 0 Å². The molecule has 0 aliphatic carbocycles. The van der Waals surface area contributed by atoms with Crippen LogP contribution in [0.25, 0.3) is 0 Å². The molecule has 1 rings (SSSR count). The van der Waals surface area contributed by atoms with Gasteiger partial charge in [0.25, 0.3) is 0 Å². The van der Waals surface area contributed by atoms with E-state index in [-0.39, 0.29) is 12.5 Å². The quantitative estimate of drug-likeness (QED) is 0.731. The van der Waals surface area contributed by atoms with E-state index in [4.69, 9.17) is 34.8 Å². The lowest BCUT2D eigenvalue weighted by Crippen LogP contribution is -2.36. The lowest BCUT2D eigenvalue weighted by atomic mass is 10.3. The van der Waals surface area contributed by atoms with Gasteiger partial charge in [-0.3, -0.25) is 4.79 Å². The first-order valence-electron chi connectivity index (χ1n) is 6.65. The second-order valence-electron chi connectivity index (χ2n) is 4.48. The zero-order valence-electron chi connectivity index (χ0n) is 11.7. The van der Waals surface area contributed by atoms with Crippen molar-refractivity contribution in [2.45, 2.75) is 26.7 Å². The molecule has 0 aliphatic rings. The van der Waals surface area contributed by atoms with Gasteiger partial charge in [-0.1, -0.05) is 48.7 Å². The summed E-state index contributed by atoms with van der Waals surface area (Å²) in [6.07, 6.45) is 1.89. The molecule has 0 aliphatic heterocycles. The van der Waals surface area contributed by atoms with E-state index in [0.29, 0.717) is 20.8 Å². The van der Waals surface area contributed by atoms with Crippen LogP contribution in [0.4, 0.5) is 5.69 Å². The van der Waals surface area contributed by atoms with Crippen molar-refractivity contribution in [2.75, 3.05) is 25.0 Å². The number of hydrogen-bond donors (Lipinski definition) is 1. The fourth-order valence-corrected chi connectivity index (χ4v) is 2.46. The maximum absolute atomic E-state index is 12.1. The summed E-state index contributed by atoms with van der Waals surface area (Å²) in [7, 11) is 0. The maximum Gasteiger partial charge on any atom is 0.241 e. The van der Waals surface area contributed by atoms with Gasteiger partial charge in [0.15, 0.2) is 0 Å². The Balaban J connectivity index is 2.66. The first-order valence-corrected chi connectivity index (χ1v) is 7.79. The summed E-state index contributed by atoms with van der Waals surface area (Å²) < 4.78 is 0. The Morgan fingerprint density at radius 2 is 1.60 bits per heavy atom. The molecule has 0 heterocycles. The molecule has 0 radical (unpaired) electrons. The minimum Gasteiger partial charge on any atom is -0.375 e. The Labute approximate surface area is 135 Å². The number of carbonyl (C=O) groups excluding carboxylic acids is 1. The van der Waals surface area contributed by atoms with E-state index in [1.54, 1.807) is 12.1 Å². The summed E-state index contributed by atoms with van der Waals surface area (Å²) in [5.74, 6) is 0.0517. The Hall–Kier alpha value is -0.640. The average molecular weight is 338 g/mol. The molecular formula is C14H19Cl3N2O. The highest BCUT2D eigenvalue weighted by atomic mass is 35.5. The van der Waals surface area contributed by atoms with Crippen molar-refractivity contribution in [1.29, 1.82) is 0 Å². The highest BCUT2D eigenvalue weighted by Crippen LogP contribution is 2.32. The van der Waals surface area contributed by atoms with E-state index >= 15 is 0 Å². The predicted octanol–water partition coefficient (Wildman–Crippen LogP) is 4.71. The van der Waals surface area contributed by atoms with Gasteiger partial charge >= 0.3 is 0 Å². The summed E-state index contributed by atoms with van der Waals surface area (Å²) in [5.41, 5.74) is 0.613. The minimum atomic E-state index is 0.0517. The van der Waals surface area contributed by atoms with Crippen LogP contribution < -0.4 is 5.32 Å². The number of benzene rings is 1. The van der Waals surface area contributed by atoms with Crippen LogP contribution in [-0.4, -0.2) is 30.4 Å². The number of rotatable bonds is 7. The van der Waals surface area contributed by atoms with Crippen molar-refractivity contribution >= 4 is 46.4 Å². The number of anilines is 1. The molecule has 1 amide bonds.